The average Bonchev–Trinajstić information content (AvgIpc) is 3.00. The van der Waals surface area contributed by atoms with E-state index in [0.29, 0.717) is 11.3 Å². The van der Waals surface area contributed by atoms with Gasteiger partial charge in [-0.05, 0) is 25.1 Å². The molecule has 1 atom stereocenters. The molecule has 1 heterocycles. The molecule has 8 heteroatoms. The molecule has 1 unspecified atom stereocenters. The van der Waals surface area contributed by atoms with Crippen molar-refractivity contribution in [3.8, 4) is 5.75 Å². The van der Waals surface area contributed by atoms with Gasteiger partial charge in [0, 0.05) is 23.4 Å². The Morgan fingerprint density at radius 1 is 1.48 bits per heavy atom. The van der Waals surface area contributed by atoms with E-state index in [-0.39, 0.29) is 11.5 Å². The van der Waals surface area contributed by atoms with E-state index < -0.39 is 16.1 Å². The number of ether oxygens (including phenoxy) is 1. The maximum absolute atomic E-state index is 12.3. The fourth-order valence-electron chi connectivity index (χ4n) is 1.91. The number of hydrogen-bond acceptors (Lipinski definition) is 5. The quantitative estimate of drug-likeness (QED) is 0.737. The standard InChI is InChI=1S/C13H17N3O4S/c1-9(11-6-14-15-7-11)16-21(18,19)12-3-4-13(20-2)10(5-12)8-17/h3-7,9,16-17H,8H2,1-2H3,(H,14,15). The number of rotatable bonds is 6. The zero-order chi connectivity index (χ0) is 15.5. The lowest BCUT2D eigenvalue weighted by molar-refractivity contribution is 0.273. The lowest BCUT2D eigenvalue weighted by Crippen LogP contribution is -2.26. The van der Waals surface area contributed by atoms with Gasteiger partial charge in [-0.2, -0.15) is 5.10 Å². The minimum atomic E-state index is -3.70. The fraction of sp³-hybridized carbons (Fsp3) is 0.308. The van der Waals surface area contributed by atoms with Crippen molar-refractivity contribution in [2.45, 2.75) is 24.5 Å². The summed E-state index contributed by atoms with van der Waals surface area (Å²) < 4.78 is 32.3. The summed E-state index contributed by atoms with van der Waals surface area (Å²) in [5.41, 5.74) is 1.14. The van der Waals surface area contributed by atoms with Crippen LogP contribution in [0, 0.1) is 0 Å². The van der Waals surface area contributed by atoms with Crippen LogP contribution in [0.1, 0.15) is 24.1 Å². The smallest absolute Gasteiger partial charge is 0.241 e. The SMILES string of the molecule is COc1ccc(S(=O)(=O)NC(C)c2cn[nH]c2)cc1CO. The number of aliphatic hydroxyl groups excluding tert-OH is 1. The highest BCUT2D eigenvalue weighted by Crippen LogP contribution is 2.23. The molecular weight excluding hydrogens is 294 g/mol. The number of nitrogens with zero attached hydrogens (tertiary/aromatic N) is 1. The summed E-state index contributed by atoms with van der Waals surface area (Å²) in [5, 5.41) is 15.7. The molecule has 114 valence electrons. The van der Waals surface area contributed by atoms with Crippen LogP contribution in [-0.4, -0.2) is 30.8 Å². The second-order valence-electron chi connectivity index (χ2n) is 4.51. The summed E-state index contributed by atoms with van der Waals surface area (Å²) in [6.07, 6.45) is 3.18. The second kappa shape index (κ2) is 6.25. The number of benzene rings is 1. The Morgan fingerprint density at radius 3 is 2.81 bits per heavy atom. The Balaban J connectivity index is 2.27. The van der Waals surface area contributed by atoms with Crippen molar-refractivity contribution in [2.24, 2.45) is 0 Å². The number of aromatic amines is 1. The van der Waals surface area contributed by atoms with Crippen molar-refractivity contribution in [2.75, 3.05) is 7.11 Å². The van der Waals surface area contributed by atoms with Crippen LogP contribution in [0.15, 0.2) is 35.5 Å². The van der Waals surface area contributed by atoms with Gasteiger partial charge in [-0.15, -0.1) is 0 Å². The first-order valence-corrected chi connectivity index (χ1v) is 7.75. The van der Waals surface area contributed by atoms with E-state index in [4.69, 9.17) is 4.74 Å². The van der Waals surface area contributed by atoms with Crippen LogP contribution in [0.25, 0.3) is 0 Å². The number of aliphatic hydroxyl groups is 1. The van der Waals surface area contributed by atoms with Crippen LogP contribution >= 0.6 is 0 Å². The van der Waals surface area contributed by atoms with E-state index in [9.17, 15) is 13.5 Å². The van der Waals surface area contributed by atoms with Gasteiger partial charge >= 0.3 is 0 Å². The molecule has 1 aromatic carbocycles. The van der Waals surface area contributed by atoms with Gasteiger partial charge in [0.1, 0.15) is 5.75 Å². The molecule has 2 rings (SSSR count). The lowest BCUT2D eigenvalue weighted by Gasteiger charge is -2.14. The molecule has 21 heavy (non-hydrogen) atoms. The van der Waals surface area contributed by atoms with E-state index in [1.54, 1.807) is 19.3 Å². The second-order valence-corrected chi connectivity index (χ2v) is 6.22. The number of aromatic nitrogens is 2. The van der Waals surface area contributed by atoms with Crippen LogP contribution < -0.4 is 9.46 Å². The zero-order valence-electron chi connectivity index (χ0n) is 11.7. The van der Waals surface area contributed by atoms with Crippen molar-refractivity contribution >= 4 is 10.0 Å². The first-order valence-electron chi connectivity index (χ1n) is 6.26. The Hall–Kier alpha value is -1.90. The molecule has 0 radical (unpaired) electrons. The average molecular weight is 311 g/mol. The Morgan fingerprint density at radius 2 is 2.24 bits per heavy atom. The zero-order valence-corrected chi connectivity index (χ0v) is 12.5. The largest absolute Gasteiger partial charge is 0.496 e. The summed E-state index contributed by atoms with van der Waals surface area (Å²) in [7, 11) is -2.24. The molecule has 0 aliphatic heterocycles. The Labute approximate surface area is 123 Å². The van der Waals surface area contributed by atoms with Crippen LogP contribution in [0.4, 0.5) is 0 Å². The number of nitrogens with one attached hydrogen (secondary N) is 2. The van der Waals surface area contributed by atoms with Crippen molar-refractivity contribution in [1.29, 1.82) is 0 Å². The van der Waals surface area contributed by atoms with Gasteiger partial charge in [0.15, 0.2) is 0 Å². The third kappa shape index (κ3) is 3.41. The molecule has 0 aliphatic carbocycles. The lowest BCUT2D eigenvalue weighted by atomic mass is 10.2. The third-order valence-electron chi connectivity index (χ3n) is 3.08. The molecular formula is C13H17N3O4S. The monoisotopic (exact) mass is 311 g/mol. The Kier molecular flexibility index (Phi) is 4.61. The summed E-state index contributed by atoms with van der Waals surface area (Å²) in [6, 6.07) is 3.92. The minimum Gasteiger partial charge on any atom is -0.496 e. The molecule has 0 saturated heterocycles. The van der Waals surface area contributed by atoms with Gasteiger partial charge in [-0.3, -0.25) is 5.10 Å². The maximum atomic E-state index is 12.3. The number of sulfonamides is 1. The highest BCUT2D eigenvalue weighted by molar-refractivity contribution is 7.89. The number of methoxy groups -OCH3 is 1. The molecule has 0 saturated carbocycles. The van der Waals surface area contributed by atoms with E-state index in [1.165, 1.54) is 25.3 Å². The topological polar surface area (TPSA) is 104 Å². The van der Waals surface area contributed by atoms with E-state index in [1.807, 2.05) is 0 Å². The van der Waals surface area contributed by atoms with Gasteiger partial charge in [0.25, 0.3) is 0 Å². The van der Waals surface area contributed by atoms with Gasteiger partial charge < -0.3 is 9.84 Å². The number of hydrogen-bond donors (Lipinski definition) is 3. The molecule has 1 aromatic heterocycles. The highest BCUT2D eigenvalue weighted by atomic mass is 32.2. The molecule has 0 fully saturated rings. The minimum absolute atomic E-state index is 0.0719. The molecule has 7 nitrogen and oxygen atoms in total. The first-order chi connectivity index (χ1) is 9.97. The highest BCUT2D eigenvalue weighted by Gasteiger charge is 2.20. The predicted molar refractivity (Wildman–Crippen MR) is 76.2 cm³/mol. The van der Waals surface area contributed by atoms with Crippen LogP contribution in [-0.2, 0) is 16.6 Å². The normalized spacial score (nSPS) is 13.1. The molecule has 0 spiro atoms. The van der Waals surface area contributed by atoms with Gasteiger partial charge in [-0.25, -0.2) is 13.1 Å². The third-order valence-corrected chi connectivity index (χ3v) is 4.62. The van der Waals surface area contributed by atoms with Crippen LogP contribution in [0.3, 0.4) is 0 Å². The molecule has 0 bridgehead atoms. The van der Waals surface area contributed by atoms with E-state index in [2.05, 4.69) is 14.9 Å². The van der Waals surface area contributed by atoms with Crippen molar-refractivity contribution in [3.63, 3.8) is 0 Å². The van der Waals surface area contributed by atoms with Gasteiger partial charge in [0.05, 0.1) is 24.8 Å². The van der Waals surface area contributed by atoms with Crippen molar-refractivity contribution < 1.29 is 18.3 Å². The summed E-state index contributed by atoms with van der Waals surface area (Å²) in [6.45, 7) is 1.42. The summed E-state index contributed by atoms with van der Waals surface area (Å²) in [4.78, 5) is 0.0719. The van der Waals surface area contributed by atoms with Crippen LogP contribution in [0.2, 0.25) is 0 Å². The van der Waals surface area contributed by atoms with E-state index in [0.717, 1.165) is 5.56 Å². The molecule has 3 N–H and O–H groups in total. The number of H-pyrrole nitrogens is 1. The molecule has 0 aliphatic rings. The predicted octanol–water partition coefficient (Wildman–Crippen LogP) is 0.950. The fourth-order valence-corrected chi connectivity index (χ4v) is 3.19. The van der Waals surface area contributed by atoms with Gasteiger partial charge in [0.2, 0.25) is 10.0 Å². The summed E-state index contributed by atoms with van der Waals surface area (Å²) >= 11 is 0. The summed E-state index contributed by atoms with van der Waals surface area (Å²) in [5.74, 6) is 0.444. The van der Waals surface area contributed by atoms with Crippen molar-refractivity contribution in [3.05, 3.63) is 41.7 Å². The molecule has 0 amide bonds. The van der Waals surface area contributed by atoms with E-state index >= 15 is 0 Å². The van der Waals surface area contributed by atoms with Crippen molar-refractivity contribution in [1.82, 2.24) is 14.9 Å². The first kappa shape index (κ1) is 15.5. The van der Waals surface area contributed by atoms with Gasteiger partial charge in [-0.1, -0.05) is 0 Å². The van der Waals surface area contributed by atoms with Crippen LogP contribution in [0.5, 0.6) is 5.75 Å². The molecule has 2 aromatic rings. The Bertz CT molecular complexity index is 698. The maximum Gasteiger partial charge on any atom is 0.241 e.